The predicted molar refractivity (Wildman–Crippen MR) is 111 cm³/mol. The molecule has 0 atom stereocenters. The van der Waals surface area contributed by atoms with E-state index in [4.69, 9.17) is 9.47 Å². The molecule has 7 heteroatoms. The van der Waals surface area contributed by atoms with Crippen molar-refractivity contribution in [2.45, 2.75) is 19.3 Å². The quantitative estimate of drug-likeness (QED) is 0.703. The molecule has 2 saturated heterocycles. The van der Waals surface area contributed by atoms with E-state index in [1.54, 1.807) is 0 Å². The molecule has 7 nitrogen and oxygen atoms in total. The van der Waals surface area contributed by atoms with Crippen LogP contribution < -0.4 is 15.0 Å². The third-order valence-corrected chi connectivity index (χ3v) is 5.17. The summed E-state index contributed by atoms with van der Waals surface area (Å²) in [4.78, 5) is 13.7. The van der Waals surface area contributed by atoms with E-state index < -0.39 is 0 Å². The van der Waals surface area contributed by atoms with Gasteiger partial charge in [-0.2, -0.15) is 4.98 Å². The van der Waals surface area contributed by atoms with Gasteiger partial charge in [-0.25, -0.2) is 4.98 Å². The Balaban J connectivity index is 1.23. The van der Waals surface area contributed by atoms with Crippen LogP contribution in [0, 0.1) is 0 Å². The van der Waals surface area contributed by atoms with E-state index in [0.29, 0.717) is 5.95 Å². The molecule has 1 aromatic carbocycles. The Bertz CT molecular complexity index is 728. The van der Waals surface area contributed by atoms with Gasteiger partial charge in [-0.1, -0.05) is 0 Å². The van der Waals surface area contributed by atoms with Gasteiger partial charge in [0.1, 0.15) is 11.6 Å². The number of nitrogens with zero attached hydrogens (tertiary/aromatic N) is 4. The third-order valence-electron chi connectivity index (χ3n) is 5.17. The maximum atomic E-state index is 5.87. The van der Waals surface area contributed by atoms with Crippen molar-refractivity contribution in [2.75, 3.05) is 62.8 Å². The second-order valence-corrected chi connectivity index (χ2v) is 7.24. The molecule has 2 aliphatic heterocycles. The number of anilines is 3. The third kappa shape index (κ3) is 5.33. The molecule has 0 aliphatic carbocycles. The van der Waals surface area contributed by atoms with Crippen molar-refractivity contribution in [3.05, 3.63) is 36.5 Å². The SMILES string of the molecule is c1cc(N2CCCC2)nc(Nc2ccc(OCCCN3CCOCC3)cc2)n1. The maximum absolute atomic E-state index is 5.87. The lowest BCUT2D eigenvalue weighted by atomic mass is 10.3. The van der Waals surface area contributed by atoms with Gasteiger partial charge < -0.3 is 19.7 Å². The molecule has 0 saturated carbocycles. The minimum Gasteiger partial charge on any atom is -0.494 e. The fourth-order valence-electron chi connectivity index (χ4n) is 3.60. The summed E-state index contributed by atoms with van der Waals surface area (Å²) in [6.45, 7) is 7.70. The molecule has 0 unspecified atom stereocenters. The molecule has 28 heavy (non-hydrogen) atoms. The number of ether oxygens (including phenoxy) is 2. The van der Waals surface area contributed by atoms with Gasteiger partial charge in [0.15, 0.2) is 0 Å². The van der Waals surface area contributed by atoms with Crippen molar-refractivity contribution in [1.82, 2.24) is 14.9 Å². The smallest absolute Gasteiger partial charge is 0.229 e. The van der Waals surface area contributed by atoms with Gasteiger partial charge in [0, 0.05) is 44.6 Å². The normalized spacial score (nSPS) is 17.6. The lowest BCUT2D eigenvalue weighted by Gasteiger charge is -2.26. The van der Waals surface area contributed by atoms with Crippen molar-refractivity contribution in [3.63, 3.8) is 0 Å². The lowest BCUT2D eigenvalue weighted by molar-refractivity contribution is 0.0358. The Morgan fingerprint density at radius 3 is 2.57 bits per heavy atom. The van der Waals surface area contributed by atoms with E-state index in [2.05, 4.69) is 25.1 Å². The van der Waals surface area contributed by atoms with Crippen molar-refractivity contribution in [1.29, 1.82) is 0 Å². The van der Waals surface area contributed by atoms with Crippen LogP contribution in [0.3, 0.4) is 0 Å². The second-order valence-electron chi connectivity index (χ2n) is 7.24. The first-order valence-electron chi connectivity index (χ1n) is 10.2. The number of hydrogen-bond acceptors (Lipinski definition) is 7. The Morgan fingerprint density at radius 1 is 1.00 bits per heavy atom. The van der Waals surface area contributed by atoms with E-state index in [9.17, 15) is 0 Å². The zero-order valence-electron chi connectivity index (χ0n) is 16.3. The number of morpholine rings is 1. The van der Waals surface area contributed by atoms with Crippen LogP contribution in [0.1, 0.15) is 19.3 Å². The molecule has 0 amide bonds. The summed E-state index contributed by atoms with van der Waals surface area (Å²) >= 11 is 0. The first-order chi connectivity index (χ1) is 13.9. The van der Waals surface area contributed by atoms with Gasteiger partial charge in [0.25, 0.3) is 0 Å². The molecule has 4 rings (SSSR count). The fourth-order valence-corrected chi connectivity index (χ4v) is 3.60. The highest BCUT2D eigenvalue weighted by atomic mass is 16.5. The average molecular weight is 383 g/mol. The van der Waals surface area contributed by atoms with E-state index in [-0.39, 0.29) is 0 Å². The molecule has 1 N–H and O–H groups in total. The first kappa shape index (κ1) is 19.0. The molecule has 0 spiro atoms. The van der Waals surface area contributed by atoms with Crippen LogP contribution in [0.2, 0.25) is 0 Å². The van der Waals surface area contributed by atoms with Crippen molar-refractivity contribution in [2.24, 2.45) is 0 Å². The monoisotopic (exact) mass is 383 g/mol. The summed E-state index contributed by atoms with van der Waals surface area (Å²) in [5, 5.41) is 3.28. The Labute approximate surface area is 166 Å². The van der Waals surface area contributed by atoms with Crippen LogP contribution in [0.5, 0.6) is 5.75 Å². The number of rotatable bonds is 8. The fraction of sp³-hybridized carbons (Fsp3) is 0.524. The van der Waals surface area contributed by atoms with E-state index in [1.807, 2.05) is 36.5 Å². The van der Waals surface area contributed by atoms with Crippen LogP contribution in [0.15, 0.2) is 36.5 Å². The predicted octanol–water partition coefficient (Wildman–Crippen LogP) is 2.92. The minimum absolute atomic E-state index is 0.628. The van der Waals surface area contributed by atoms with Crippen LogP contribution >= 0.6 is 0 Å². The second kappa shape index (κ2) is 9.71. The maximum Gasteiger partial charge on any atom is 0.229 e. The van der Waals surface area contributed by atoms with Gasteiger partial charge in [-0.3, -0.25) is 4.90 Å². The highest BCUT2D eigenvalue weighted by molar-refractivity contribution is 5.56. The molecule has 3 heterocycles. The standard InChI is InChI=1S/C21H29N5O2/c1-2-12-26(11-1)20-8-9-22-21(24-20)23-18-4-6-19(7-5-18)28-15-3-10-25-13-16-27-17-14-25/h4-9H,1-3,10-17H2,(H,22,23,24). The molecule has 2 aliphatic rings. The molecule has 150 valence electrons. The Hall–Kier alpha value is -2.38. The van der Waals surface area contributed by atoms with E-state index in [1.165, 1.54) is 12.8 Å². The first-order valence-corrected chi connectivity index (χ1v) is 10.2. The van der Waals surface area contributed by atoms with E-state index >= 15 is 0 Å². The molecule has 0 radical (unpaired) electrons. The van der Waals surface area contributed by atoms with Gasteiger partial charge in [-0.05, 0) is 49.6 Å². The van der Waals surface area contributed by atoms with Gasteiger partial charge >= 0.3 is 0 Å². The van der Waals surface area contributed by atoms with Crippen LogP contribution in [-0.2, 0) is 4.74 Å². The topological polar surface area (TPSA) is 62.8 Å². The van der Waals surface area contributed by atoms with Crippen molar-refractivity contribution in [3.8, 4) is 5.75 Å². The molecule has 0 bridgehead atoms. The highest BCUT2D eigenvalue weighted by Gasteiger charge is 2.14. The van der Waals surface area contributed by atoms with Crippen LogP contribution in [-0.4, -0.2) is 67.4 Å². The Kier molecular flexibility index (Phi) is 6.57. The number of benzene rings is 1. The molecular formula is C21H29N5O2. The zero-order chi connectivity index (χ0) is 19.0. The molecule has 1 aromatic heterocycles. The molecule has 2 fully saturated rings. The largest absolute Gasteiger partial charge is 0.494 e. The van der Waals surface area contributed by atoms with Gasteiger partial charge in [0.05, 0.1) is 19.8 Å². The van der Waals surface area contributed by atoms with Crippen LogP contribution in [0.25, 0.3) is 0 Å². The number of hydrogen-bond donors (Lipinski definition) is 1. The minimum atomic E-state index is 0.628. The van der Waals surface area contributed by atoms with Crippen molar-refractivity contribution < 1.29 is 9.47 Å². The summed E-state index contributed by atoms with van der Waals surface area (Å²) in [5.74, 6) is 2.51. The van der Waals surface area contributed by atoms with E-state index in [0.717, 1.165) is 76.2 Å². The summed E-state index contributed by atoms with van der Waals surface area (Å²) in [6, 6.07) is 9.96. The average Bonchev–Trinajstić information content (AvgIpc) is 3.28. The molecular weight excluding hydrogens is 354 g/mol. The van der Waals surface area contributed by atoms with Crippen LogP contribution in [0.4, 0.5) is 17.5 Å². The van der Waals surface area contributed by atoms with Crippen molar-refractivity contribution >= 4 is 17.5 Å². The number of aromatic nitrogens is 2. The summed E-state index contributed by atoms with van der Waals surface area (Å²) in [6.07, 6.45) is 5.31. The summed E-state index contributed by atoms with van der Waals surface area (Å²) in [5.41, 5.74) is 0.958. The zero-order valence-corrected chi connectivity index (χ0v) is 16.3. The Morgan fingerprint density at radius 2 is 1.79 bits per heavy atom. The van der Waals surface area contributed by atoms with Gasteiger partial charge in [0.2, 0.25) is 5.95 Å². The molecule has 2 aromatic rings. The highest BCUT2D eigenvalue weighted by Crippen LogP contribution is 2.21. The summed E-state index contributed by atoms with van der Waals surface area (Å²) in [7, 11) is 0. The lowest BCUT2D eigenvalue weighted by Crippen LogP contribution is -2.37. The van der Waals surface area contributed by atoms with Gasteiger partial charge in [-0.15, -0.1) is 0 Å². The summed E-state index contributed by atoms with van der Waals surface area (Å²) < 4.78 is 11.2. The number of nitrogens with one attached hydrogen (secondary N) is 1.